The second-order valence-corrected chi connectivity index (χ2v) is 12.4. The summed E-state index contributed by atoms with van der Waals surface area (Å²) in [5.41, 5.74) is -1.63. The first-order valence-electron chi connectivity index (χ1n) is 13.8. The molecule has 1 aliphatic heterocycles. The zero-order chi connectivity index (χ0) is 34.8. The number of fused-ring (bicyclic) bond motifs is 1. The fraction of sp³-hybridized carbons (Fsp3) is 0.333. The van der Waals surface area contributed by atoms with Gasteiger partial charge in [0.1, 0.15) is 29.7 Å². The number of benzene rings is 2. The van der Waals surface area contributed by atoms with Gasteiger partial charge in [0.05, 0.1) is 36.9 Å². The van der Waals surface area contributed by atoms with Crippen LogP contribution in [0.3, 0.4) is 0 Å². The minimum Gasteiger partial charge on any atom is -0.479 e. The molecular formula is C30H25BrCl3F4N5O4. The summed E-state index contributed by atoms with van der Waals surface area (Å²) in [6.07, 6.45) is 2.83. The van der Waals surface area contributed by atoms with E-state index in [9.17, 15) is 27.2 Å². The molecule has 0 radical (unpaired) electrons. The van der Waals surface area contributed by atoms with E-state index in [1.807, 2.05) is 0 Å². The number of alkyl halides is 3. The first-order valence-corrected chi connectivity index (χ1v) is 15.7. The summed E-state index contributed by atoms with van der Waals surface area (Å²) in [7, 11) is 1.08. The Kier molecular flexibility index (Phi) is 11.4. The van der Waals surface area contributed by atoms with Crippen LogP contribution in [0.15, 0.2) is 33.5 Å². The van der Waals surface area contributed by atoms with Crippen LogP contribution in [0.4, 0.5) is 17.6 Å². The smallest absolute Gasteiger partial charge is 0.434 e. The lowest BCUT2D eigenvalue weighted by Crippen LogP contribution is -2.26. The molecule has 9 nitrogen and oxygen atoms in total. The summed E-state index contributed by atoms with van der Waals surface area (Å²) in [5.74, 6) is 1.78. The highest BCUT2D eigenvalue weighted by Crippen LogP contribution is 2.41. The molecule has 0 fully saturated rings. The Morgan fingerprint density at radius 3 is 2.40 bits per heavy atom. The fourth-order valence-electron chi connectivity index (χ4n) is 4.61. The minimum atomic E-state index is -4.69. The molecule has 2 aromatic heterocycles. The number of aromatic nitrogens is 5. The van der Waals surface area contributed by atoms with Crippen molar-refractivity contribution >= 4 is 56.7 Å². The molecule has 0 atom stereocenters. The van der Waals surface area contributed by atoms with Gasteiger partial charge in [0.25, 0.3) is 0 Å². The van der Waals surface area contributed by atoms with Gasteiger partial charge in [-0.2, -0.15) is 23.0 Å². The van der Waals surface area contributed by atoms with E-state index in [1.54, 1.807) is 24.5 Å². The van der Waals surface area contributed by atoms with Crippen LogP contribution in [-0.2, 0) is 30.9 Å². The lowest BCUT2D eigenvalue weighted by Gasteiger charge is -2.11. The monoisotopic (exact) mass is 779 g/mol. The average Bonchev–Trinajstić information content (AvgIpc) is 3.47. The molecule has 0 N–H and O–H groups in total. The van der Waals surface area contributed by atoms with Gasteiger partial charge in [0.15, 0.2) is 5.69 Å². The Hall–Kier alpha value is -3.51. The Morgan fingerprint density at radius 1 is 1.11 bits per heavy atom. The first kappa shape index (κ1) is 36.3. The SMILES string of the molecule is C#CCOc1cc(-n2nc3n(c2=O)CCCC3)c(Cl)cc1Cl.CC(C)OC(=O)c1cc(-c2nn(C)c(C(F)(F)F)c2Br)c(F)cc1Cl. The van der Waals surface area contributed by atoms with E-state index in [2.05, 4.69) is 32.0 Å². The van der Waals surface area contributed by atoms with Crippen LogP contribution in [0.1, 0.15) is 48.6 Å². The number of rotatable bonds is 6. The Bertz CT molecular complexity index is 1930. The molecule has 3 heterocycles. The summed E-state index contributed by atoms with van der Waals surface area (Å²) in [6.45, 7) is 3.98. The molecule has 47 heavy (non-hydrogen) atoms. The zero-order valence-electron chi connectivity index (χ0n) is 24.9. The normalized spacial score (nSPS) is 12.7. The lowest BCUT2D eigenvalue weighted by atomic mass is 10.1. The maximum absolute atomic E-state index is 14.3. The molecule has 2 aromatic carbocycles. The molecule has 0 saturated carbocycles. The van der Waals surface area contributed by atoms with E-state index in [0.29, 0.717) is 32.7 Å². The maximum Gasteiger partial charge on any atom is 0.434 e. The second-order valence-electron chi connectivity index (χ2n) is 10.3. The third-order valence-corrected chi connectivity index (χ3v) is 8.31. The molecule has 1 aliphatic rings. The van der Waals surface area contributed by atoms with Gasteiger partial charge in [-0.1, -0.05) is 40.7 Å². The van der Waals surface area contributed by atoms with Crippen LogP contribution in [0.2, 0.25) is 15.1 Å². The van der Waals surface area contributed by atoms with E-state index in [4.69, 9.17) is 50.7 Å². The number of carbonyl (C=O) groups excluding carboxylic acids is 1. The van der Waals surface area contributed by atoms with Gasteiger partial charge in [0.2, 0.25) is 0 Å². The van der Waals surface area contributed by atoms with Gasteiger partial charge < -0.3 is 9.47 Å². The van der Waals surface area contributed by atoms with E-state index in [1.165, 1.54) is 10.7 Å². The molecule has 0 amide bonds. The Labute approximate surface area is 289 Å². The Balaban J connectivity index is 0.000000214. The van der Waals surface area contributed by atoms with Gasteiger partial charge >= 0.3 is 17.8 Å². The fourth-order valence-corrected chi connectivity index (χ4v) is 6.13. The number of esters is 1. The summed E-state index contributed by atoms with van der Waals surface area (Å²) in [6, 6.07) is 4.97. The molecule has 17 heteroatoms. The van der Waals surface area contributed by atoms with Gasteiger partial charge in [-0.3, -0.25) is 9.25 Å². The quantitative estimate of drug-likeness (QED) is 0.112. The van der Waals surface area contributed by atoms with Crippen LogP contribution < -0.4 is 10.4 Å². The van der Waals surface area contributed by atoms with Crippen LogP contribution in [0.5, 0.6) is 5.75 Å². The number of halogens is 8. The molecule has 4 aromatic rings. The van der Waals surface area contributed by atoms with Crippen molar-refractivity contribution in [2.24, 2.45) is 7.05 Å². The molecule has 0 spiro atoms. The first-order chi connectivity index (χ1) is 22.0. The van der Waals surface area contributed by atoms with E-state index < -0.39 is 34.2 Å². The van der Waals surface area contributed by atoms with Crippen molar-refractivity contribution in [1.82, 2.24) is 24.1 Å². The lowest BCUT2D eigenvalue weighted by molar-refractivity contribution is -0.144. The van der Waals surface area contributed by atoms with Crippen molar-refractivity contribution < 1.29 is 31.8 Å². The molecule has 250 valence electrons. The summed E-state index contributed by atoms with van der Waals surface area (Å²) >= 11 is 21.0. The maximum atomic E-state index is 14.3. The largest absolute Gasteiger partial charge is 0.479 e. The average molecular weight is 782 g/mol. The molecule has 0 unspecified atom stereocenters. The van der Waals surface area contributed by atoms with Gasteiger partial charge in [-0.15, -0.1) is 11.5 Å². The highest BCUT2D eigenvalue weighted by molar-refractivity contribution is 9.10. The van der Waals surface area contributed by atoms with Gasteiger partial charge in [0, 0.05) is 31.6 Å². The third kappa shape index (κ3) is 7.97. The minimum absolute atomic E-state index is 0.0788. The standard InChI is InChI=1S/C15H12BrClF4N2O2.C15H13Cl2N3O2/c1-6(2)25-14(24)7-4-8(10(18)5-9(7)17)12-11(16)13(15(19,20)21)23(3)22-12;1-2-7-22-13-9-12(10(16)8-11(13)17)20-15(21)19-6-4-3-5-14(19)18-20/h4-6H,1-3H3;1,8-9H,3-7H2. The molecule has 0 bridgehead atoms. The van der Waals surface area contributed by atoms with Crippen molar-refractivity contribution in [2.45, 2.75) is 51.9 Å². The van der Waals surface area contributed by atoms with Crippen LogP contribution >= 0.6 is 50.7 Å². The van der Waals surface area contributed by atoms with Gasteiger partial charge in [-0.25, -0.2) is 14.0 Å². The van der Waals surface area contributed by atoms with Gasteiger partial charge in [-0.05, 0) is 60.8 Å². The highest BCUT2D eigenvalue weighted by Gasteiger charge is 2.39. The van der Waals surface area contributed by atoms with Crippen molar-refractivity contribution in [2.75, 3.05) is 6.61 Å². The van der Waals surface area contributed by atoms with E-state index in [0.717, 1.165) is 44.3 Å². The highest BCUT2D eigenvalue weighted by atomic mass is 79.9. The molecular weight excluding hydrogens is 757 g/mol. The third-order valence-electron chi connectivity index (χ3n) is 6.64. The number of nitrogens with zero attached hydrogens (tertiary/aromatic N) is 5. The second kappa shape index (κ2) is 14.7. The van der Waals surface area contributed by atoms with Crippen molar-refractivity contribution in [1.29, 1.82) is 0 Å². The van der Waals surface area contributed by atoms with Crippen LogP contribution in [0, 0.1) is 18.2 Å². The Morgan fingerprint density at radius 2 is 1.81 bits per heavy atom. The number of carbonyl (C=O) groups is 1. The van der Waals surface area contributed by atoms with E-state index >= 15 is 0 Å². The summed E-state index contributed by atoms with van der Waals surface area (Å²) < 4.78 is 67.0. The number of terminal acetylenes is 1. The molecule has 0 saturated heterocycles. The summed E-state index contributed by atoms with van der Waals surface area (Å²) in [4.78, 5) is 24.5. The van der Waals surface area contributed by atoms with Crippen molar-refractivity contribution in [3.63, 3.8) is 0 Å². The van der Waals surface area contributed by atoms with Crippen LogP contribution in [-0.4, -0.2) is 42.8 Å². The van der Waals surface area contributed by atoms with E-state index in [-0.39, 0.29) is 34.1 Å². The van der Waals surface area contributed by atoms with Crippen molar-refractivity contribution in [3.05, 3.63) is 77.2 Å². The number of hydrogen-bond donors (Lipinski definition) is 0. The predicted molar refractivity (Wildman–Crippen MR) is 172 cm³/mol. The number of hydrogen-bond acceptors (Lipinski definition) is 6. The molecule has 0 aliphatic carbocycles. The molecule has 5 rings (SSSR count). The number of aryl methyl sites for hydroxylation is 2. The van der Waals surface area contributed by atoms with Crippen molar-refractivity contribution in [3.8, 4) is 35.0 Å². The summed E-state index contributed by atoms with van der Waals surface area (Å²) in [5, 5.41) is 8.54. The predicted octanol–water partition coefficient (Wildman–Crippen LogP) is 7.92. The number of ether oxygens (including phenoxy) is 2. The topological polar surface area (TPSA) is 93.2 Å². The van der Waals surface area contributed by atoms with Crippen LogP contribution in [0.25, 0.3) is 16.9 Å². The zero-order valence-corrected chi connectivity index (χ0v) is 28.7.